The maximum Gasteiger partial charge on any atom is 0.192 e. The second-order valence-electron chi connectivity index (χ2n) is 8.15. The average Bonchev–Trinajstić information content (AvgIpc) is 2.52. The summed E-state index contributed by atoms with van der Waals surface area (Å²) >= 11 is 0. The molecule has 1 aromatic carbocycles. The Hall–Kier alpha value is -2.12. The summed E-state index contributed by atoms with van der Waals surface area (Å²) in [5.41, 5.74) is 5.66. The molecular weight excluding hydrogens is 366 g/mol. The number of nitrogens with zero attached hydrogens (tertiary/aromatic N) is 1. The second-order valence-corrected chi connectivity index (χ2v) is 13.0. The van der Waals surface area contributed by atoms with Crippen molar-refractivity contribution in [3.8, 4) is 11.1 Å². The number of hydrogen-bond donors (Lipinski definition) is 1. The van der Waals surface area contributed by atoms with Gasteiger partial charge < -0.3 is 10.2 Å². The number of hydrogen-bond acceptors (Lipinski definition) is 4. The first-order valence-electron chi connectivity index (χ1n) is 8.73. The van der Waals surface area contributed by atoms with Crippen LogP contribution in [0.15, 0.2) is 24.4 Å². The molecule has 2 N–H and O–H groups in total. The number of nitrogen functional groups attached to an aromatic ring is 1. The molecule has 2 rings (SSSR count). The number of aromatic nitrogens is 1. The van der Waals surface area contributed by atoms with Gasteiger partial charge in [0.25, 0.3) is 0 Å². The maximum atomic E-state index is 14.7. The zero-order valence-electron chi connectivity index (χ0n) is 16.6. The molecule has 4 nitrogen and oxygen atoms in total. The third kappa shape index (κ3) is 4.41. The van der Waals surface area contributed by atoms with Crippen LogP contribution in [0, 0.1) is 11.6 Å². The highest BCUT2D eigenvalue weighted by atomic mass is 28.4. The first-order chi connectivity index (χ1) is 12.3. The van der Waals surface area contributed by atoms with Crippen molar-refractivity contribution in [2.24, 2.45) is 0 Å². The molecule has 0 spiro atoms. The molecule has 0 bridgehead atoms. The fourth-order valence-electron chi connectivity index (χ4n) is 2.39. The molecule has 0 radical (unpaired) electrons. The Morgan fingerprint density at radius 2 is 1.89 bits per heavy atom. The van der Waals surface area contributed by atoms with Gasteiger partial charge in [0, 0.05) is 17.4 Å². The number of rotatable bonds is 5. The van der Waals surface area contributed by atoms with Crippen LogP contribution >= 0.6 is 0 Å². The zero-order chi connectivity index (χ0) is 20.6. The predicted octanol–water partition coefficient (Wildman–Crippen LogP) is 5.33. The average molecular weight is 393 g/mol. The van der Waals surface area contributed by atoms with Crippen molar-refractivity contribution < 1.29 is 18.0 Å². The lowest BCUT2D eigenvalue weighted by atomic mass is 9.99. The lowest BCUT2D eigenvalue weighted by molar-refractivity contribution is 0.101. The predicted molar refractivity (Wildman–Crippen MR) is 106 cm³/mol. The summed E-state index contributed by atoms with van der Waals surface area (Å²) in [6, 6.07) is 4.20. The van der Waals surface area contributed by atoms with Gasteiger partial charge in [-0.25, -0.2) is 8.78 Å². The number of carbonyl (C=O) groups excluding carboxylic acids is 1. The van der Waals surface area contributed by atoms with E-state index in [9.17, 15) is 13.6 Å². The van der Waals surface area contributed by atoms with Crippen molar-refractivity contribution in [3.63, 3.8) is 0 Å². The van der Waals surface area contributed by atoms with Crippen molar-refractivity contribution in [1.82, 2.24) is 4.98 Å². The molecule has 1 aromatic heterocycles. The molecule has 146 valence electrons. The summed E-state index contributed by atoms with van der Waals surface area (Å²) in [6.07, 6.45) is 1.38. The SMILES string of the molecule is CC(=O)c1c(N)cc(F)c(-c2ccc(CO[Si](C)(C)C(C)(C)C)nc2)c1F. The first kappa shape index (κ1) is 21.2. The van der Waals surface area contributed by atoms with Gasteiger partial charge >= 0.3 is 0 Å². The van der Waals surface area contributed by atoms with E-state index in [-0.39, 0.29) is 27.4 Å². The van der Waals surface area contributed by atoms with Crippen LogP contribution in [0.25, 0.3) is 11.1 Å². The molecule has 0 fully saturated rings. The third-order valence-corrected chi connectivity index (χ3v) is 9.58. The fraction of sp³-hybridized carbons (Fsp3) is 0.400. The molecule has 0 saturated carbocycles. The summed E-state index contributed by atoms with van der Waals surface area (Å²) in [7, 11) is -1.92. The minimum absolute atomic E-state index is 0.0757. The Bertz CT molecular complexity index is 860. The van der Waals surface area contributed by atoms with E-state index >= 15 is 0 Å². The zero-order valence-corrected chi connectivity index (χ0v) is 17.6. The van der Waals surface area contributed by atoms with Crippen LogP contribution < -0.4 is 5.73 Å². The van der Waals surface area contributed by atoms with E-state index in [4.69, 9.17) is 10.2 Å². The normalized spacial score (nSPS) is 12.3. The Morgan fingerprint density at radius 3 is 2.37 bits per heavy atom. The minimum Gasteiger partial charge on any atom is -0.411 e. The standard InChI is InChI=1S/C20H26F2N2O2Si/c1-12(25)17-16(23)9-15(21)18(19(17)22)13-7-8-14(24-10-13)11-26-27(5,6)20(2,3)4/h7-10H,11,23H2,1-6H3. The van der Waals surface area contributed by atoms with E-state index in [2.05, 4.69) is 38.8 Å². The molecule has 0 atom stereocenters. The molecule has 0 aliphatic carbocycles. The van der Waals surface area contributed by atoms with Gasteiger partial charge in [-0.05, 0) is 37.2 Å². The van der Waals surface area contributed by atoms with Crippen LogP contribution in [-0.4, -0.2) is 19.1 Å². The molecule has 0 aliphatic heterocycles. The maximum absolute atomic E-state index is 14.7. The van der Waals surface area contributed by atoms with Crippen molar-refractivity contribution in [2.75, 3.05) is 5.73 Å². The summed E-state index contributed by atoms with van der Waals surface area (Å²) in [5.74, 6) is -2.35. The molecule has 7 heteroatoms. The number of Topliss-reactive ketones (excluding diaryl/α,β-unsaturated/α-hetero) is 1. The van der Waals surface area contributed by atoms with Crippen molar-refractivity contribution in [2.45, 2.75) is 52.4 Å². The highest BCUT2D eigenvalue weighted by Crippen LogP contribution is 2.37. The van der Waals surface area contributed by atoms with Crippen molar-refractivity contribution in [3.05, 3.63) is 47.3 Å². The molecule has 27 heavy (non-hydrogen) atoms. The van der Waals surface area contributed by atoms with Crippen molar-refractivity contribution >= 4 is 19.8 Å². The molecule has 1 heterocycles. The third-order valence-electron chi connectivity index (χ3n) is 5.10. The molecule has 2 aromatic rings. The van der Waals surface area contributed by atoms with Crippen LogP contribution in [0.1, 0.15) is 43.7 Å². The quantitative estimate of drug-likeness (QED) is 0.424. The number of carbonyl (C=O) groups is 1. The smallest absolute Gasteiger partial charge is 0.192 e. The Kier molecular flexibility index (Phi) is 5.87. The molecule has 0 unspecified atom stereocenters. The number of anilines is 1. The number of nitrogens with two attached hydrogens (primary N) is 1. The number of pyridine rings is 1. The Morgan fingerprint density at radius 1 is 1.26 bits per heavy atom. The van der Waals surface area contributed by atoms with Gasteiger partial charge in [0.15, 0.2) is 14.1 Å². The lowest BCUT2D eigenvalue weighted by Crippen LogP contribution is -2.40. The number of benzene rings is 1. The molecule has 0 aliphatic rings. The van der Waals surface area contributed by atoms with E-state index in [1.54, 1.807) is 12.1 Å². The van der Waals surface area contributed by atoms with Gasteiger partial charge in [-0.2, -0.15) is 0 Å². The fourth-order valence-corrected chi connectivity index (χ4v) is 3.33. The van der Waals surface area contributed by atoms with Gasteiger partial charge in [0.2, 0.25) is 0 Å². The summed E-state index contributed by atoms with van der Waals surface area (Å²) in [4.78, 5) is 15.9. The van der Waals surface area contributed by atoms with E-state index in [1.807, 2.05) is 0 Å². The van der Waals surface area contributed by atoms with Gasteiger partial charge in [-0.3, -0.25) is 9.78 Å². The molecule has 0 saturated heterocycles. The van der Waals surface area contributed by atoms with E-state index in [0.717, 1.165) is 6.07 Å². The van der Waals surface area contributed by atoms with E-state index in [0.29, 0.717) is 12.3 Å². The minimum atomic E-state index is -1.92. The first-order valence-corrected chi connectivity index (χ1v) is 11.6. The Labute approximate surface area is 159 Å². The van der Waals surface area contributed by atoms with E-state index in [1.165, 1.54) is 13.1 Å². The van der Waals surface area contributed by atoms with E-state index < -0.39 is 25.7 Å². The monoisotopic (exact) mass is 392 g/mol. The van der Waals surface area contributed by atoms with Crippen LogP contribution in [0.4, 0.5) is 14.5 Å². The number of ketones is 1. The summed E-state index contributed by atoms with van der Waals surface area (Å²) in [5, 5.41) is 0.0757. The van der Waals surface area contributed by atoms with Gasteiger partial charge in [0.1, 0.15) is 11.6 Å². The molecule has 0 amide bonds. The number of halogens is 2. The van der Waals surface area contributed by atoms with Crippen LogP contribution in [0.5, 0.6) is 0 Å². The summed E-state index contributed by atoms with van der Waals surface area (Å²) in [6.45, 7) is 12.3. The summed E-state index contributed by atoms with van der Waals surface area (Å²) < 4.78 is 35.1. The highest BCUT2D eigenvalue weighted by molar-refractivity contribution is 6.74. The van der Waals surface area contributed by atoms with Gasteiger partial charge in [-0.1, -0.05) is 26.8 Å². The second kappa shape index (κ2) is 7.48. The largest absolute Gasteiger partial charge is 0.411 e. The van der Waals surface area contributed by atoms with Crippen LogP contribution in [-0.2, 0) is 11.0 Å². The molecular formula is C20H26F2N2O2Si. The topological polar surface area (TPSA) is 65.2 Å². The van der Waals surface area contributed by atoms with Crippen molar-refractivity contribution in [1.29, 1.82) is 0 Å². The van der Waals surface area contributed by atoms with Gasteiger partial charge in [0.05, 0.1) is 23.4 Å². The van der Waals surface area contributed by atoms with Crippen LogP contribution in [0.2, 0.25) is 18.1 Å². The Balaban J connectivity index is 2.31. The lowest BCUT2D eigenvalue weighted by Gasteiger charge is -2.36. The van der Waals surface area contributed by atoms with Gasteiger partial charge in [-0.15, -0.1) is 0 Å². The highest BCUT2D eigenvalue weighted by Gasteiger charge is 2.37. The van der Waals surface area contributed by atoms with Crippen LogP contribution in [0.3, 0.4) is 0 Å².